The van der Waals surface area contributed by atoms with Crippen LogP contribution in [-0.2, 0) is 14.8 Å². The van der Waals surface area contributed by atoms with Crippen molar-refractivity contribution in [2.75, 3.05) is 31.9 Å². The van der Waals surface area contributed by atoms with Crippen LogP contribution < -0.4 is 0 Å². The molecular formula is C6H11ClN2O3S. The number of rotatable bonds is 2. The first-order valence-corrected chi connectivity index (χ1v) is 5.89. The van der Waals surface area contributed by atoms with E-state index in [2.05, 4.69) is 0 Å². The van der Waals surface area contributed by atoms with Crippen molar-refractivity contribution in [2.45, 2.75) is 0 Å². The van der Waals surface area contributed by atoms with Crippen LogP contribution in [0, 0.1) is 0 Å². The lowest BCUT2D eigenvalue weighted by atomic mass is 10.4. The van der Waals surface area contributed by atoms with E-state index in [1.807, 2.05) is 0 Å². The summed E-state index contributed by atoms with van der Waals surface area (Å²) < 4.78 is 23.6. The molecule has 0 spiro atoms. The maximum atomic E-state index is 11.2. The lowest BCUT2D eigenvalue weighted by Crippen LogP contribution is -2.50. The minimum absolute atomic E-state index is 0.0917. The van der Waals surface area contributed by atoms with E-state index in [0.29, 0.717) is 13.1 Å². The highest BCUT2D eigenvalue weighted by Gasteiger charge is 2.29. The third-order valence-corrected chi connectivity index (χ3v) is 4.15. The van der Waals surface area contributed by atoms with Crippen LogP contribution in [0.4, 0.5) is 0 Å². The van der Waals surface area contributed by atoms with E-state index in [0.717, 1.165) is 4.31 Å². The van der Waals surface area contributed by atoms with Gasteiger partial charge in [-0.15, -0.1) is 11.6 Å². The fraction of sp³-hybridized carbons (Fsp3) is 0.833. The van der Waals surface area contributed by atoms with Gasteiger partial charge in [-0.3, -0.25) is 4.79 Å². The standard InChI is InChI=1S/C6H11ClN2O3S/c1-8-2-3-9(4-6(8)10)13(11,12)5-7/h2-5H2,1H3. The van der Waals surface area contributed by atoms with Gasteiger partial charge >= 0.3 is 0 Å². The number of sulfonamides is 1. The molecule has 0 bridgehead atoms. The average molecular weight is 227 g/mol. The second-order valence-corrected chi connectivity index (χ2v) is 5.42. The van der Waals surface area contributed by atoms with Crippen molar-refractivity contribution in [1.82, 2.24) is 9.21 Å². The zero-order valence-electron chi connectivity index (χ0n) is 7.23. The van der Waals surface area contributed by atoms with Crippen LogP contribution in [0.15, 0.2) is 0 Å². The smallest absolute Gasteiger partial charge is 0.237 e. The van der Waals surface area contributed by atoms with E-state index in [4.69, 9.17) is 11.6 Å². The minimum Gasteiger partial charge on any atom is -0.343 e. The van der Waals surface area contributed by atoms with Gasteiger partial charge in [0.15, 0.2) is 0 Å². The summed E-state index contributed by atoms with van der Waals surface area (Å²) in [6.45, 7) is 0.664. The number of amides is 1. The molecule has 13 heavy (non-hydrogen) atoms. The zero-order chi connectivity index (χ0) is 10.1. The van der Waals surface area contributed by atoms with Crippen LogP contribution in [-0.4, -0.2) is 55.4 Å². The number of carbonyl (C=O) groups excluding carboxylic acids is 1. The molecule has 1 rings (SSSR count). The summed E-state index contributed by atoms with van der Waals surface area (Å²) in [6, 6.07) is 0. The van der Waals surface area contributed by atoms with Crippen LogP contribution >= 0.6 is 11.6 Å². The first-order valence-electron chi connectivity index (χ1n) is 3.75. The molecular weight excluding hydrogens is 216 g/mol. The minimum atomic E-state index is -3.43. The van der Waals surface area contributed by atoms with Crippen LogP contribution in [0.2, 0.25) is 0 Å². The van der Waals surface area contributed by atoms with Gasteiger partial charge in [0, 0.05) is 20.1 Å². The second kappa shape index (κ2) is 3.81. The molecule has 76 valence electrons. The summed E-state index contributed by atoms with van der Waals surface area (Å²) >= 11 is 5.26. The van der Waals surface area contributed by atoms with Gasteiger partial charge in [0.25, 0.3) is 0 Å². The molecule has 1 aliphatic heterocycles. The highest BCUT2D eigenvalue weighted by atomic mass is 35.5. The van der Waals surface area contributed by atoms with Crippen molar-refractivity contribution in [3.05, 3.63) is 0 Å². The molecule has 7 heteroatoms. The Morgan fingerprint density at radius 1 is 1.46 bits per heavy atom. The highest BCUT2D eigenvalue weighted by molar-refractivity contribution is 7.90. The molecule has 0 atom stereocenters. The van der Waals surface area contributed by atoms with Gasteiger partial charge in [-0.05, 0) is 0 Å². The van der Waals surface area contributed by atoms with Gasteiger partial charge in [0.2, 0.25) is 15.9 Å². The molecule has 0 aromatic heterocycles. The monoisotopic (exact) mass is 226 g/mol. The number of alkyl halides is 1. The maximum Gasteiger partial charge on any atom is 0.237 e. The van der Waals surface area contributed by atoms with Crippen LogP contribution in [0.1, 0.15) is 0 Å². The summed E-state index contributed by atoms with van der Waals surface area (Å²) in [5, 5.41) is -0.468. The SMILES string of the molecule is CN1CCN(S(=O)(=O)CCl)CC1=O. The number of piperazine rings is 1. The van der Waals surface area contributed by atoms with Gasteiger partial charge in [-0.25, -0.2) is 8.42 Å². The van der Waals surface area contributed by atoms with Crippen molar-refractivity contribution in [2.24, 2.45) is 0 Å². The summed E-state index contributed by atoms with van der Waals surface area (Å²) in [5.74, 6) is -0.194. The second-order valence-electron chi connectivity index (χ2n) is 2.87. The molecule has 0 aromatic rings. The lowest BCUT2D eigenvalue weighted by molar-refractivity contribution is -0.132. The Morgan fingerprint density at radius 3 is 2.54 bits per heavy atom. The van der Waals surface area contributed by atoms with Crippen LogP contribution in [0.3, 0.4) is 0 Å². The summed E-state index contributed by atoms with van der Waals surface area (Å²) in [7, 11) is -1.78. The van der Waals surface area contributed by atoms with E-state index < -0.39 is 15.2 Å². The highest BCUT2D eigenvalue weighted by Crippen LogP contribution is 2.08. The van der Waals surface area contributed by atoms with Gasteiger partial charge < -0.3 is 4.90 Å². The Bertz CT molecular complexity index is 303. The van der Waals surface area contributed by atoms with E-state index >= 15 is 0 Å². The molecule has 0 unspecified atom stereocenters. The molecule has 1 aliphatic rings. The number of hydrogen-bond acceptors (Lipinski definition) is 3. The van der Waals surface area contributed by atoms with Crippen LogP contribution in [0.5, 0.6) is 0 Å². The van der Waals surface area contributed by atoms with Gasteiger partial charge in [0.1, 0.15) is 5.21 Å². The van der Waals surface area contributed by atoms with Crippen LogP contribution in [0.25, 0.3) is 0 Å². The van der Waals surface area contributed by atoms with E-state index in [9.17, 15) is 13.2 Å². The molecule has 1 saturated heterocycles. The van der Waals surface area contributed by atoms with Crippen molar-refractivity contribution in [1.29, 1.82) is 0 Å². The Hall–Kier alpha value is -0.330. The molecule has 1 amide bonds. The molecule has 1 heterocycles. The maximum absolute atomic E-state index is 11.2. The number of halogens is 1. The Kier molecular flexibility index (Phi) is 3.15. The molecule has 5 nitrogen and oxygen atoms in total. The molecule has 1 fully saturated rings. The summed E-state index contributed by atoms with van der Waals surface area (Å²) in [5.41, 5.74) is 0. The molecule has 0 radical (unpaired) electrons. The third kappa shape index (κ3) is 2.32. The van der Waals surface area contributed by atoms with Crippen molar-refractivity contribution >= 4 is 27.5 Å². The Morgan fingerprint density at radius 2 is 2.08 bits per heavy atom. The van der Waals surface area contributed by atoms with Gasteiger partial charge in [-0.1, -0.05) is 0 Å². The fourth-order valence-corrected chi connectivity index (χ4v) is 2.26. The Labute approximate surface area is 82.3 Å². The summed E-state index contributed by atoms with van der Waals surface area (Å²) in [6.07, 6.45) is 0. The Balaban J connectivity index is 2.71. The number of likely N-dealkylation sites (N-methyl/N-ethyl adjacent to an activating group) is 1. The average Bonchev–Trinajstić information content (AvgIpc) is 2.09. The number of hydrogen-bond donors (Lipinski definition) is 0. The van der Waals surface area contributed by atoms with E-state index in [-0.39, 0.29) is 12.5 Å². The predicted molar refractivity (Wildman–Crippen MR) is 48.8 cm³/mol. The van der Waals surface area contributed by atoms with E-state index in [1.54, 1.807) is 7.05 Å². The quantitative estimate of drug-likeness (QED) is 0.585. The molecule has 0 saturated carbocycles. The summed E-state index contributed by atoms with van der Waals surface area (Å²) in [4.78, 5) is 12.6. The first-order chi connectivity index (χ1) is 5.97. The van der Waals surface area contributed by atoms with Gasteiger partial charge in [0.05, 0.1) is 6.54 Å². The number of carbonyl (C=O) groups is 1. The first kappa shape index (κ1) is 10.7. The van der Waals surface area contributed by atoms with E-state index in [1.165, 1.54) is 4.90 Å². The molecule has 0 aliphatic carbocycles. The van der Waals surface area contributed by atoms with Crippen molar-refractivity contribution < 1.29 is 13.2 Å². The predicted octanol–water partition coefficient (Wildman–Crippen LogP) is -0.714. The van der Waals surface area contributed by atoms with Gasteiger partial charge in [-0.2, -0.15) is 4.31 Å². The zero-order valence-corrected chi connectivity index (χ0v) is 8.81. The normalized spacial score (nSPS) is 20.8. The van der Waals surface area contributed by atoms with Crippen molar-refractivity contribution in [3.63, 3.8) is 0 Å². The topological polar surface area (TPSA) is 57.7 Å². The molecule has 0 N–H and O–H groups in total. The van der Waals surface area contributed by atoms with Crippen molar-refractivity contribution in [3.8, 4) is 0 Å². The largest absolute Gasteiger partial charge is 0.343 e. The molecule has 0 aromatic carbocycles. The third-order valence-electron chi connectivity index (χ3n) is 1.95. The lowest BCUT2D eigenvalue weighted by Gasteiger charge is -2.30. The fourth-order valence-electron chi connectivity index (χ4n) is 1.04. The number of nitrogens with zero attached hydrogens (tertiary/aromatic N) is 2.